The van der Waals surface area contributed by atoms with Gasteiger partial charge in [-0.2, -0.15) is 0 Å². The van der Waals surface area contributed by atoms with Crippen LogP contribution in [-0.4, -0.2) is 20.2 Å². The van der Waals surface area contributed by atoms with Crippen LogP contribution in [0.4, 0.5) is 4.39 Å². The molecule has 6 heteroatoms. The summed E-state index contributed by atoms with van der Waals surface area (Å²) in [6.45, 7) is 3.62. The number of hydrogen-bond donors (Lipinski definition) is 1. The molecule has 90 valence electrons. The van der Waals surface area contributed by atoms with Crippen molar-refractivity contribution in [2.45, 2.75) is 25.9 Å². The molecule has 2 N–H and O–H groups in total. The van der Waals surface area contributed by atoms with Crippen molar-refractivity contribution in [1.29, 1.82) is 0 Å². The van der Waals surface area contributed by atoms with Crippen LogP contribution < -0.4 is 5.73 Å². The molecule has 0 radical (unpaired) electrons. The van der Waals surface area contributed by atoms with Crippen molar-refractivity contribution in [3.05, 3.63) is 41.5 Å². The van der Waals surface area contributed by atoms with Crippen molar-refractivity contribution in [2.24, 2.45) is 5.73 Å². The normalized spacial score (nSPS) is 14.6. The van der Waals surface area contributed by atoms with Crippen molar-refractivity contribution in [3.8, 4) is 0 Å². The highest BCUT2D eigenvalue weighted by Gasteiger charge is 2.19. The fraction of sp³-hybridized carbons (Fsp3) is 0.364. The van der Waals surface area contributed by atoms with E-state index < -0.39 is 0 Å². The summed E-state index contributed by atoms with van der Waals surface area (Å²) in [5.41, 5.74) is 6.30. The van der Waals surface area contributed by atoms with Gasteiger partial charge in [-0.05, 0) is 30.3 Å². The molecule has 0 aliphatic heterocycles. The Morgan fingerprint density at radius 1 is 1.29 bits per heavy atom. The van der Waals surface area contributed by atoms with E-state index in [9.17, 15) is 4.39 Å². The predicted molar refractivity (Wildman–Crippen MR) is 60.6 cm³/mol. The lowest BCUT2D eigenvalue weighted by Crippen LogP contribution is -2.18. The average molecular weight is 235 g/mol. The topological polar surface area (TPSA) is 69.6 Å². The van der Waals surface area contributed by atoms with Crippen molar-refractivity contribution < 1.29 is 4.39 Å². The van der Waals surface area contributed by atoms with E-state index in [0.717, 1.165) is 0 Å². The zero-order valence-electron chi connectivity index (χ0n) is 9.71. The summed E-state index contributed by atoms with van der Waals surface area (Å²) < 4.78 is 15.2. The maximum Gasteiger partial charge on any atom is 0.168 e. The molecule has 2 aromatic rings. The molecule has 1 aromatic heterocycles. The SMILES string of the molecule is CC(N)c1nnnn1C(C)c1ccccc1F. The van der Waals surface area contributed by atoms with E-state index in [1.807, 2.05) is 6.92 Å². The lowest BCUT2D eigenvalue weighted by atomic mass is 10.1. The second kappa shape index (κ2) is 4.58. The summed E-state index contributed by atoms with van der Waals surface area (Å²) in [6.07, 6.45) is 0. The molecule has 0 aliphatic carbocycles. The number of benzene rings is 1. The maximum atomic E-state index is 13.7. The smallest absolute Gasteiger partial charge is 0.168 e. The van der Waals surface area contributed by atoms with Crippen LogP contribution >= 0.6 is 0 Å². The second-order valence-corrected chi connectivity index (χ2v) is 3.97. The third kappa shape index (κ3) is 2.16. The summed E-state index contributed by atoms with van der Waals surface area (Å²) in [5.74, 6) is 0.270. The van der Waals surface area contributed by atoms with Crippen LogP contribution in [0.5, 0.6) is 0 Å². The van der Waals surface area contributed by atoms with Gasteiger partial charge in [0.15, 0.2) is 5.82 Å². The van der Waals surface area contributed by atoms with E-state index in [0.29, 0.717) is 11.4 Å². The van der Waals surface area contributed by atoms with Gasteiger partial charge in [0.05, 0.1) is 12.1 Å². The number of hydrogen-bond acceptors (Lipinski definition) is 4. The van der Waals surface area contributed by atoms with Crippen LogP contribution in [0.2, 0.25) is 0 Å². The number of aromatic nitrogens is 4. The molecule has 0 fully saturated rings. The minimum Gasteiger partial charge on any atom is -0.322 e. The van der Waals surface area contributed by atoms with Crippen molar-refractivity contribution >= 4 is 0 Å². The Labute approximate surface area is 98.4 Å². The minimum absolute atomic E-state index is 0.272. The fourth-order valence-electron chi connectivity index (χ4n) is 1.72. The van der Waals surface area contributed by atoms with E-state index >= 15 is 0 Å². The molecule has 2 atom stereocenters. The summed E-state index contributed by atoms with van der Waals surface area (Å²) >= 11 is 0. The molecular weight excluding hydrogens is 221 g/mol. The molecule has 0 spiro atoms. The Bertz CT molecular complexity index is 508. The van der Waals surface area contributed by atoms with E-state index in [1.165, 1.54) is 6.07 Å². The van der Waals surface area contributed by atoms with Gasteiger partial charge in [0.1, 0.15) is 5.82 Å². The van der Waals surface area contributed by atoms with Gasteiger partial charge in [-0.15, -0.1) is 5.10 Å². The molecule has 1 aromatic carbocycles. The Hall–Kier alpha value is -1.82. The van der Waals surface area contributed by atoms with Gasteiger partial charge in [0.2, 0.25) is 0 Å². The standard InChI is InChI=1S/C11H14FN5/c1-7(13)11-14-15-16-17(11)8(2)9-5-3-4-6-10(9)12/h3-8H,13H2,1-2H3. The first-order chi connectivity index (χ1) is 8.11. The van der Waals surface area contributed by atoms with Crippen LogP contribution in [0.15, 0.2) is 24.3 Å². The fourth-order valence-corrected chi connectivity index (χ4v) is 1.72. The Morgan fingerprint density at radius 2 is 2.00 bits per heavy atom. The summed E-state index contributed by atoms with van der Waals surface area (Å²) in [7, 11) is 0. The number of halogens is 1. The molecule has 1 heterocycles. The zero-order chi connectivity index (χ0) is 12.4. The predicted octanol–water partition coefficient (Wildman–Crippen LogP) is 1.44. The van der Waals surface area contributed by atoms with Gasteiger partial charge in [0.25, 0.3) is 0 Å². The quantitative estimate of drug-likeness (QED) is 0.874. The minimum atomic E-state index is -0.292. The molecule has 0 saturated carbocycles. The monoisotopic (exact) mass is 235 g/mol. The van der Waals surface area contributed by atoms with Crippen LogP contribution in [-0.2, 0) is 0 Å². The van der Waals surface area contributed by atoms with Crippen LogP contribution in [0.1, 0.15) is 37.3 Å². The third-order valence-electron chi connectivity index (χ3n) is 2.65. The summed E-state index contributed by atoms with van der Waals surface area (Å²) in [4.78, 5) is 0. The lowest BCUT2D eigenvalue weighted by molar-refractivity contribution is 0.481. The summed E-state index contributed by atoms with van der Waals surface area (Å²) in [5, 5.41) is 11.3. The Morgan fingerprint density at radius 3 is 2.65 bits per heavy atom. The van der Waals surface area contributed by atoms with E-state index in [1.54, 1.807) is 29.8 Å². The molecule has 17 heavy (non-hydrogen) atoms. The molecule has 0 bridgehead atoms. The molecule has 2 unspecified atom stereocenters. The van der Waals surface area contributed by atoms with Gasteiger partial charge in [-0.1, -0.05) is 18.2 Å². The molecule has 0 saturated heterocycles. The number of tetrazole rings is 1. The number of nitrogens with zero attached hydrogens (tertiary/aromatic N) is 4. The first-order valence-electron chi connectivity index (χ1n) is 5.39. The van der Waals surface area contributed by atoms with E-state index in [2.05, 4.69) is 15.5 Å². The van der Waals surface area contributed by atoms with E-state index in [4.69, 9.17) is 5.73 Å². The second-order valence-electron chi connectivity index (χ2n) is 3.97. The maximum absolute atomic E-state index is 13.7. The number of rotatable bonds is 3. The van der Waals surface area contributed by atoms with Crippen LogP contribution in [0.3, 0.4) is 0 Å². The number of nitrogens with two attached hydrogens (primary N) is 1. The largest absolute Gasteiger partial charge is 0.322 e. The molecule has 5 nitrogen and oxygen atoms in total. The lowest BCUT2D eigenvalue weighted by Gasteiger charge is -2.15. The van der Waals surface area contributed by atoms with Crippen LogP contribution in [0.25, 0.3) is 0 Å². The van der Waals surface area contributed by atoms with E-state index in [-0.39, 0.29) is 17.9 Å². The first kappa shape index (κ1) is 11.7. The molecule has 0 aliphatic rings. The van der Waals surface area contributed by atoms with Gasteiger partial charge in [0, 0.05) is 5.56 Å². The van der Waals surface area contributed by atoms with Gasteiger partial charge in [-0.3, -0.25) is 0 Å². The van der Waals surface area contributed by atoms with Crippen molar-refractivity contribution in [3.63, 3.8) is 0 Å². The van der Waals surface area contributed by atoms with Crippen molar-refractivity contribution in [1.82, 2.24) is 20.2 Å². The molecular formula is C11H14FN5. The van der Waals surface area contributed by atoms with Crippen LogP contribution in [0, 0.1) is 5.82 Å². The first-order valence-corrected chi connectivity index (χ1v) is 5.39. The van der Waals surface area contributed by atoms with Gasteiger partial charge in [-0.25, -0.2) is 9.07 Å². The average Bonchev–Trinajstić information content (AvgIpc) is 2.77. The highest BCUT2D eigenvalue weighted by molar-refractivity contribution is 5.21. The summed E-state index contributed by atoms with van der Waals surface area (Å²) in [6, 6.07) is 5.99. The van der Waals surface area contributed by atoms with Gasteiger partial charge >= 0.3 is 0 Å². The molecule has 0 amide bonds. The third-order valence-corrected chi connectivity index (χ3v) is 2.65. The Balaban J connectivity index is 2.41. The highest BCUT2D eigenvalue weighted by Crippen LogP contribution is 2.21. The highest BCUT2D eigenvalue weighted by atomic mass is 19.1. The van der Waals surface area contributed by atoms with Crippen molar-refractivity contribution in [2.75, 3.05) is 0 Å². The zero-order valence-corrected chi connectivity index (χ0v) is 9.71. The van der Waals surface area contributed by atoms with Gasteiger partial charge < -0.3 is 5.73 Å². The molecule has 2 rings (SSSR count). The Kier molecular flexibility index (Phi) is 3.14.